The second-order valence-corrected chi connectivity index (χ2v) is 7.09. The van der Waals surface area contributed by atoms with Gasteiger partial charge < -0.3 is 10.4 Å². The molecule has 1 fully saturated rings. The molecule has 0 aromatic carbocycles. The molecule has 0 bridgehead atoms. The van der Waals surface area contributed by atoms with Gasteiger partial charge in [-0.05, 0) is 41.7 Å². The smallest absolute Gasteiger partial charge is 0.0764 e. The molecular formula is C15H19NOS2. The summed E-state index contributed by atoms with van der Waals surface area (Å²) in [6.07, 6.45) is 3.17. The molecule has 2 aromatic rings. The largest absolute Gasteiger partial charge is 0.393 e. The number of hydrogen-bond donors (Lipinski definition) is 2. The molecule has 2 heterocycles. The summed E-state index contributed by atoms with van der Waals surface area (Å²) in [7, 11) is 0. The van der Waals surface area contributed by atoms with E-state index in [0.29, 0.717) is 5.92 Å². The van der Waals surface area contributed by atoms with Crippen LogP contribution in [0.1, 0.15) is 35.1 Å². The van der Waals surface area contributed by atoms with Crippen LogP contribution in [-0.2, 0) is 0 Å². The maximum Gasteiger partial charge on any atom is 0.0764 e. The molecule has 1 saturated carbocycles. The molecule has 2 N–H and O–H groups in total. The van der Waals surface area contributed by atoms with Gasteiger partial charge in [0.2, 0.25) is 0 Å². The Morgan fingerprint density at radius 2 is 1.84 bits per heavy atom. The van der Waals surface area contributed by atoms with Crippen molar-refractivity contribution in [2.45, 2.75) is 31.4 Å². The minimum Gasteiger partial charge on any atom is -0.393 e. The van der Waals surface area contributed by atoms with E-state index in [4.69, 9.17) is 0 Å². The van der Waals surface area contributed by atoms with Crippen LogP contribution in [0.3, 0.4) is 0 Å². The number of thiophene rings is 2. The van der Waals surface area contributed by atoms with Gasteiger partial charge in [-0.1, -0.05) is 18.6 Å². The van der Waals surface area contributed by atoms with Crippen LogP contribution >= 0.6 is 22.7 Å². The fourth-order valence-corrected chi connectivity index (χ4v) is 4.49. The first-order chi connectivity index (χ1) is 9.34. The molecule has 0 saturated heterocycles. The fraction of sp³-hybridized carbons (Fsp3) is 0.467. The highest BCUT2D eigenvalue weighted by Crippen LogP contribution is 2.31. The van der Waals surface area contributed by atoms with E-state index >= 15 is 0 Å². The molecule has 4 heteroatoms. The summed E-state index contributed by atoms with van der Waals surface area (Å²) in [5.74, 6) is 0.419. The summed E-state index contributed by atoms with van der Waals surface area (Å²) in [5, 5.41) is 17.8. The highest BCUT2D eigenvalue weighted by atomic mass is 32.1. The molecule has 102 valence electrons. The number of nitrogens with one attached hydrogen (secondary N) is 1. The lowest BCUT2D eigenvalue weighted by Crippen LogP contribution is -2.30. The van der Waals surface area contributed by atoms with E-state index in [1.807, 2.05) is 0 Å². The van der Waals surface area contributed by atoms with Crippen molar-refractivity contribution in [1.82, 2.24) is 5.32 Å². The zero-order valence-corrected chi connectivity index (χ0v) is 12.4. The van der Waals surface area contributed by atoms with E-state index in [0.717, 1.165) is 25.8 Å². The van der Waals surface area contributed by atoms with E-state index in [2.05, 4.69) is 40.3 Å². The third kappa shape index (κ3) is 3.08. The van der Waals surface area contributed by atoms with Gasteiger partial charge in [0.1, 0.15) is 0 Å². The first-order valence-corrected chi connectivity index (χ1v) is 8.59. The summed E-state index contributed by atoms with van der Waals surface area (Å²) in [5.41, 5.74) is 0. The average molecular weight is 293 g/mol. The van der Waals surface area contributed by atoms with Crippen LogP contribution in [-0.4, -0.2) is 17.8 Å². The van der Waals surface area contributed by atoms with Gasteiger partial charge in [-0.25, -0.2) is 0 Å². The van der Waals surface area contributed by atoms with Gasteiger partial charge in [0, 0.05) is 16.3 Å². The van der Waals surface area contributed by atoms with Crippen LogP contribution in [0.25, 0.3) is 0 Å². The van der Waals surface area contributed by atoms with Crippen molar-refractivity contribution in [2.24, 2.45) is 5.92 Å². The second-order valence-electron chi connectivity index (χ2n) is 5.13. The summed E-state index contributed by atoms with van der Waals surface area (Å²) in [4.78, 5) is 2.71. The number of aliphatic hydroxyl groups is 1. The minimum absolute atomic E-state index is 0.111. The Labute approximate surface area is 122 Å². The average Bonchev–Trinajstić information content (AvgIpc) is 3.13. The molecule has 2 unspecified atom stereocenters. The van der Waals surface area contributed by atoms with Gasteiger partial charge in [-0.15, -0.1) is 22.7 Å². The molecule has 2 aromatic heterocycles. The number of rotatable bonds is 5. The molecule has 19 heavy (non-hydrogen) atoms. The van der Waals surface area contributed by atoms with Crippen molar-refractivity contribution < 1.29 is 5.11 Å². The summed E-state index contributed by atoms with van der Waals surface area (Å²) >= 11 is 3.59. The van der Waals surface area contributed by atoms with Gasteiger partial charge in [0.15, 0.2) is 0 Å². The quantitative estimate of drug-likeness (QED) is 0.882. The minimum atomic E-state index is -0.111. The molecule has 1 aliphatic carbocycles. The maximum atomic E-state index is 9.93. The van der Waals surface area contributed by atoms with Crippen LogP contribution in [0.5, 0.6) is 0 Å². The first-order valence-electron chi connectivity index (χ1n) is 6.83. The standard InChI is InChI=1S/C15H19NOS2/c17-12-5-1-4-11(12)10-16-15(13-6-2-8-18-13)14-7-3-9-19-14/h2-3,6-9,11-12,15-17H,1,4-5,10H2. The van der Waals surface area contributed by atoms with Gasteiger partial charge in [0.05, 0.1) is 12.1 Å². The Balaban J connectivity index is 1.70. The molecule has 0 spiro atoms. The topological polar surface area (TPSA) is 32.3 Å². The van der Waals surface area contributed by atoms with Gasteiger partial charge in [-0.2, -0.15) is 0 Å². The summed E-state index contributed by atoms with van der Waals surface area (Å²) < 4.78 is 0. The Bertz CT molecular complexity index is 446. The zero-order chi connectivity index (χ0) is 13.1. The summed E-state index contributed by atoms with van der Waals surface area (Å²) in [6.45, 7) is 0.904. The monoisotopic (exact) mass is 293 g/mol. The van der Waals surface area contributed by atoms with Crippen LogP contribution < -0.4 is 5.32 Å². The Kier molecular flexibility index (Phi) is 4.33. The molecule has 2 nitrogen and oxygen atoms in total. The van der Waals surface area contributed by atoms with E-state index in [9.17, 15) is 5.11 Å². The molecule has 1 aliphatic rings. The second kappa shape index (κ2) is 6.18. The van der Waals surface area contributed by atoms with Crippen molar-refractivity contribution in [3.63, 3.8) is 0 Å². The van der Waals surface area contributed by atoms with Crippen molar-refractivity contribution in [3.8, 4) is 0 Å². The molecule has 0 radical (unpaired) electrons. The Morgan fingerprint density at radius 3 is 2.32 bits per heavy atom. The van der Waals surface area contributed by atoms with Crippen molar-refractivity contribution in [1.29, 1.82) is 0 Å². The highest BCUT2D eigenvalue weighted by molar-refractivity contribution is 7.11. The Morgan fingerprint density at radius 1 is 1.16 bits per heavy atom. The van der Waals surface area contributed by atoms with Crippen molar-refractivity contribution in [2.75, 3.05) is 6.54 Å². The van der Waals surface area contributed by atoms with Crippen molar-refractivity contribution >= 4 is 22.7 Å². The fourth-order valence-electron chi connectivity index (χ4n) is 2.78. The molecule has 0 aliphatic heterocycles. The highest BCUT2D eigenvalue weighted by Gasteiger charge is 2.26. The van der Waals surface area contributed by atoms with Gasteiger partial charge in [0.25, 0.3) is 0 Å². The third-order valence-electron chi connectivity index (χ3n) is 3.86. The van der Waals surface area contributed by atoms with Crippen LogP contribution in [0.4, 0.5) is 0 Å². The molecule has 3 rings (SSSR count). The molecule has 2 atom stereocenters. The third-order valence-corrected chi connectivity index (χ3v) is 5.73. The van der Waals surface area contributed by atoms with Crippen LogP contribution in [0.2, 0.25) is 0 Å². The van der Waals surface area contributed by atoms with Gasteiger partial charge in [-0.3, -0.25) is 0 Å². The number of hydrogen-bond acceptors (Lipinski definition) is 4. The van der Waals surface area contributed by atoms with E-state index in [-0.39, 0.29) is 12.1 Å². The van der Waals surface area contributed by atoms with Crippen LogP contribution in [0.15, 0.2) is 35.0 Å². The number of aliphatic hydroxyl groups excluding tert-OH is 1. The van der Waals surface area contributed by atoms with Crippen LogP contribution in [0, 0.1) is 5.92 Å². The first kappa shape index (κ1) is 13.3. The summed E-state index contributed by atoms with van der Waals surface area (Å²) in [6, 6.07) is 8.87. The lowest BCUT2D eigenvalue weighted by molar-refractivity contribution is 0.130. The normalized spacial score (nSPS) is 23.3. The SMILES string of the molecule is OC1CCCC1CNC(c1cccs1)c1cccs1. The van der Waals surface area contributed by atoms with Crippen molar-refractivity contribution in [3.05, 3.63) is 44.8 Å². The zero-order valence-electron chi connectivity index (χ0n) is 10.8. The maximum absolute atomic E-state index is 9.93. The molecule has 0 amide bonds. The Hall–Kier alpha value is -0.680. The molecular weight excluding hydrogens is 274 g/mol. The van der Waals surface area contributed by atoms with E-state index in [1.165, 1.54) is 9.75 Å². The lowest BCUT2D eigenvalue weighted by atomic mass is 10.1. The van der Waals surface area contributed by atoms with E-state index < -0.39 is 0 Å². The van der Waals surface area contributed by atoms with E-state index in [1.54, 1.807) is 22.7 Å². The predicted molar refractivity (Wildman–Crippen MR) is 81.8 cm³/mol. The van der Waals surface area contributed by atoms with Gasteiger partial charge >= 0.3 is 0 Å². The lowest BCUT2D eigenvalue weighted by Gasteiger charge is -2.21. The predicted octanol–water partition coefficient (Wildman–Crippen LogP) is 3.65.